The summed E-state index contributed by atoms with van der Waals surface area (Å²) >= 11 is 0. The summed E-state index contributed by atoms with van der Waals surface area (Å²) < 4.78 is 4.77. The third-order valence-corrected chi connectivity index (χ3v) is 5.20. The molecule has 1 amide bonds. The monoisotopic (exact) mass is 246 g/mol. The SMILES string of the molecule is O=C(Nc1ccon1)C12CC3CC(CC(C3)C1)C2. The molecule has 0 atom stereocenters. The van der Waals surface area contributed by atoms with E-state index in [9.17, 15) is 4.79 Å². The Hall–Kier alpha value is -1.32. The van der Waals surface area contributed by atoms with Crippen LogP contribution in [0.3, 0.4) is 0 Å². The van der Waals surface area contributed by atoms with Crippen molar-refractivity contribution in [3.8, 4) is 0 Å². The molecule has 0 aliphatic heterocycles. The fourth-order valence-electron chi connectivity index (χ4n) is 4.91. The fraction of sp³-hybridized carbons (Fsp3) is 0.714. The Labute approximate surface area is 106 Å². The molecule has 5 rings (SSSR count). The van der Waals surface area contributed by atoms with Gasteiger partial charge in [0.2, 0.25) is 5.91 Å². The number of hydrogen-bond acceptors (Lipinski definition) is 3. The average Bonchev–Trinajstić information content (AvgIpc) is 2.79. The van der Waals surface area contributed by atoms with E-state index in [-0.39, 0.29) is 11.3 Å². The Morgan fingerprint density at radius 2 is 1.83 bits per heavy atom. The van der Waals surface area contributed by atoms with Gasteiger partial charge in [0.05, 0.1) is 5.41 Å². The van der Waals surface area contributed by atoms with Crippen LogP contribution in [0.15, 0.2) is 16.9 Å². The molecule has 4 nitrogen and oxygen atoms in total. The van der Waals surface area contributed by atoms with Crippen LogP contribution in [0.25, 0.3) is 0 Å². The number of nitrogens with zero attached hydrogens (tertiary/aromatic N) is 1. The maximum atomic E-state index is 12.6. The highest BCUT2D eigenvalue weighted by Gasteiger charge is 2.54. The summed E-state index contributed by atoms with van der Waals surface area (Å²) in [7, 11) is 0. The molecule has 1 aromatic rings. The molecule has 18 heavy (non-hydrogen) atoms. The number of nitrogens with one attached hydrogen (secondary N) is 1. The quantitative estimate of drug-likeness (QED) is 0.873. The van der Waals surface area contributed by atoms with Crippen molar-refractivity contribution in [2.24, 2.45) is 23.2 Å². The molecule has 4 bridgehead atoms. The smallest absolute Gasteiger partial charge is 0.231 e. The molecule has 4 saturated carbocycles. The molecule has 0 unspecified atom stereocenters. The Balaban J connectivity index is 1.58. The number of hydrogen-bond donors (Lipinski definition) is 1. The number of carbonyl (C=O) groups excluding carboxylic acids is 1. The highest BCUT2D eigenvalue weighted by atomic mass is 16.5. The summed E-state index contributed by atoms with van der Waals surface area (Å²) in [5, 5.41) is 6.71. The van der Waals surface area contributed by atoms with Crippen LogP contribution in [0.2, 0.25) is 0 Å². The molecular weight excluding hydrogens is 228 g/mol. The van der Waals surface area contributed by atoms with Crippen LogP contribution in [-0.2, 0) is 4.79 Å². The van der Waals surface area contributed by atoms with Crippen LogP contribution < -0.4 is 5.32 Å². The molecule has 1 heterocycles. The molecule has 4 heteroatoms. The van der Waals surface area contributed by atoms with Gasteiger partial charge in [0.25, 0.3) is 0 Å². The predicted molar refractivity (Wildman–Crippen MR) is 65.7 cm³/mol. The van der Waals surface area contributed by atoms with Crippen molar-refractivity contribution in [1.82, 2.24) is 5.16 Å². The summed E-state index contributed by atoms with van der Waals surface area (Å²) in [5.41, 5.74) is -0.103. The summed E-state index contributed by atoms with van der Waals surface area (Å²) in [6.45, 7) is 0. The number of carbonyl (C=O) groups is 1. The van der Waals surface area contributed by atoms with Crippen molar-refractivity contribution in [3.05, 3.63) is 12.3 Å². The number of aromatic nitrogens is 1. The second-order valence-electron chi connectivity index (χ2n) is 6.54. The van der Waals surface area contributed by atoms with Crippen molar-refractivity contribution in [3.63, 3.8) is 0 Å². The first-order valence-electron chi connectivity index (χ1n) is 6.95. The summed E-state index contributed by atoms with van der Waals surface area (Å²) in [5.74, 6) is 3.10. The van der Waals surface area contributed by atoms with Gasteiger partial charge >= 0.3 is 0 Å². The molecule has 4 fully saturated rings. The summed E-state index contributed by atoms with van der Waals surface area (Å²) in [6.07, 6.45) is 8.83. The van der Waals surface area contributed by atoms with Crippen molar-refractivity contribution in [2.45, 2.75) is 38.5 Å². The molecule has 4 aliphatic rings. The van der Waals surface area contributed by atoms with Crippen molar-refractivity contribution in [2.75, 3.05) is 5.32 Å². The zero-order chi connectivity index (χ0) is 12.2. The van der Waals surface area contributed by atoms with E-state index in [0.717, 1.165) is 37.0 Å². The first-order valence-corrected chi connectivity index (χ1v) is 6.95. The van der Waals surface area contributed by atoms with E-state index in [4.69, 9.17) is 4.52 Å². The third-order valence-electron chi connectivity index (χ3n) is 5.20. The topological polar surface area (TPSA) is 55.1 Å². The predicted octanol–water partition coefficient (Wildman–Crippen LogP) is 2.83. The lowest BCUT2D eigenvalue weighted by Crippen LogP contribution is -2.51. The molecule has 4 aliphatic carbocycles. The largest absolute Gasteiger partial charge is 0.363 e. The van der Waals surface area contributed by atoms with E-state index in [2.05, 4.69) is 10.5 Å². The van der Waals surface area contributed by atoms with Gasteiger partial charge in [0.15, 0.2) is 5.82 Å². The molecule has 1 aromatic heterocycles. The van der Waals surface area contributed by atoms with Gasteiger partial charge in [-0.3, -0.25) is 4.79 Å². The van der Waals surface area contributed by atoms with Gasteiger partial charge in [-0.25, -0.2) is 0 Å². The maximum Gasteiger partial charge on any atom is 0.231 e. The molecule has 1 N–H and O–H groups in total. The van der Waals surface area contributed by atoms with E-state index >= 15 is 0 Å². The number of anilines is 1. The van der Waals surface area contributed by atoms with Gasteiger partial charge in [-0.15, -0.1) is 0 Å². The normalized spacial score (nSPS) is 41.0. The van der Waals surface area contributed by atoms with Gasteiger partial charge in [-0.2, -0.15) is 0 Å². The van der Waals surface area contributed by atoms with E-state index in [1.807, 2.05) is 0 Å². The number of rotatable bonds is 2. The summed E-state index contributed by atoms with van der Waals surface area (Å²) in [4.78, 5) is 12.6. The Morgan fingerprint density at radius 1 is 1.22 bits per heavy atom. The molecule has 0 spiro atoms. The van der Waals surface area contributed by atoms with Gasteiger partial charge < -0.3 is 9.84 Å². The van der Waals surface area contributed by atoms with Crippen LogP contribution >= 0.6 is 0 Å². The molecular formula is C14H18N2O2. The van der Waals surface area contributed by atoms with Gasteiger partial charge in [0.1, 0.15) is 6.26 Å². The fourth-order valence-corrected chi connectivity index (χ4v) is 4.91. The van der Waals surface area contributed by atoms with E-state index < -0.39 is 0 Å². The van der Waals surface area contributed by atoms with Crippen LogP contribution in [0.4, 0.5) is 5.82 Å². The average molecular weight is 246 g/mol. The molecule has 0 aromatic carbocycles. The number of amides is 1. The molecule has 96 valence electrons. The van der Waals surface area contributed by atoms with E-state index in [0.29, 0.717) is 5.82 Å². The third kappa shape index (κ3) is 1.51. The molecule has 0 saturated heterocycles. The Morgan fingerprint density at radius 3 is 2.33 bits per heavy atom. The van der Waals surface area contributed by atoms with Crippen molar-refractivity contribution < 1.29 is 9.32 Å². The second kappa shape index (κ2) is 3.59. The standard InChI is InChI=1S/C14H18N2O2/c17-13(15-12-1-2-18-16-12)14-6-9-3-10(7-14)5-11(4-9)8-14/h1-2,9-11H,3-8H2,(H,15,16,17). The first kappa shape index (κ1) is 10.6. The van der Waals surface area contributed by atoms with Gasteiger partial charge in [-0.1, -0.05) is 5.16 Å². The highest BCUT2D eigenvalue weighted by Crippen LogP contribution is 2.60. The lowest BCUT2D eigenvalue weighted by atomic mass is 9.49. The minimum atomic E-state index is -0.103. The van der Waals surface area contributed by atoms with Crippen molar-refractivity contribution in [1.29, 1.82) is 0 Å². The molecule has 0 radical (unpaired) electrons. The first-order chi connectivity index (χ1) is 8.73. The van der Waals surface area contributed by atoms with Crippen LogP contribution in [0.5, 0.6) is 0 Å². The summed E-state index contributed by atoms with van der Waals surface area (Å²) in [6, 6.07) is 1.71. The lowest BCUT2D eigenvalue weighted by Gasteiger charge is -2.55. The Bertz CT molecular complexity index is 431. The van der Waals surface area contributed by atoms with Gasteiger partial charge in [0, 0.05) is 6.07 Å². The zero-order valence-corrected chi connectivity index (χ0v) is 10.4. The Kier molecular flexibility index (Phi) is 2.11. The van der Waals surface area contributed by atoms with E-state index in [1.54, 1.807) is 6.07 Å². The van der Waals surface area contributed by atoms with Crippen LogP contribution in [-0.4, -0.2) is 11.1 Å². The van der Waals surface area contributed by atoms with Crippen molar-refractivity contribution >= 4 is 11.7 Å². The van der Waals surface area contributed by atoms with Gasteiger partial charge in [-0.05, 0) is 56.3 Å². The van der Waals surface area contributed by atoms with E-state index in [1.165, 1.54) is 25.5 Å². The minimum absolute atomic E-state index is 0.103. The van der Waals surface area contributed by atoms with Crippen LogP contribution in [0.1, 0.15) is 38.5 Å². The lowest BCUT2D eigenvalue weighted by molar-refractivity contribution is -0.140. The minimum Gasteiger partial charge on any atom is -0.363 e. The zero-order valence-electron chi connectivity index (χ0n) is 10.4. The maximum absolute atomic E-state index is 12.6. The van der Waals surface area contributed by atoms with Crippen LogP contribution in [0, 0.1) is 23.2 Å². The highest BCUT2D eigenvalue weighted by molar-refractivity contribution is 5.94. The second-order valence-corrected chi connectivity index (χ2v) is 6.54.